The molecule has 10 heteroatoms. The molecule has 196 valence electrons. The number of piperidine rings is 1. The minimum absolute atomic E-state index is 0.353. The highest BCUT2D eigenvalue weighted by atomic mass is 32.2. The average Bonchev–Trinajstić information content (AvgIpc) is 3.25. The van der Waals surface area contributed by atoms with Gasteiger partial charge >= 0.3 is 0 Å². The van der Waals surface area contributed by atoms with Crippen molar-refractivity contribution in [2.24, 2.45) is 5.92 Å². The number of benzene rings is 1. The third-order valence-corrected chi connectivity index (χ3v) is 7.57. The van der Waals surface area contributed by atoms with Crippen LogP contribution in [0.2, 0.25) is 0 Å². The maximum absolute atomic E-state index is 11.8. The SMILES string of the molecule is CN(C)c1cccc(-c2ncccc2CNCC2CCN(c3nccc(/C=C4/SC(=O)NC4=O)n3)CC2)c1. The van der Waals surface area contributed by atoms with Gasteiger partial charge in [0.05, 0.1) is 16.3 Å². The number of pyridine rings is 1. The van der Waals surface area contributed by atoms with Crippen LogP contribution in [0.1, 0.15) is 24.1 Å². The summed E-state index contributed by atoms with van der Waals surface area (Å²) in [5.74, 6) is 0.841. The van der Waals surface area contributed by atoms with Gasteiger partial charge in [-0.25, -0.2) is 9.97 Å². The minimum Gasteiger partial charge on any atom is -0.378 e. The molecule has 3 aromatic rings. The topological polar surface area (TPSA) is 103 Å². The first-order valence-electron chi connectivity index (χ1n) is 12.7. The van der Waals surface area contributed by atoms with Crippen molar-refractivity contribution in [1.82, 2.24) is 25.6 Å². The third-order valence-electron chi connectivity index (χ3n) is 6.76. The molecule has 0 atom stereocenters. The fraction of sp³-hybridized carbons (Fsp3) is 0.321. The van der Waals surface area contributed by atoms with E-state index >= 15 is 0 Å². The Balaban J connectivity index is 1.15. The highest BCUT2D eigenvalue weighted by Gasteiger charge is 2.26. The number of imide groups is 1. The van der Waals surface area contributed by atoms with Crippen molar-refractivity contribution in [3.8, 4) is 11.3 Å². The van der Waals surface area contributed by atoms with E-state index < -0.39 is 0 Å². The number of thioether (sulfide) groups is 1. The number of hydrogen-bond donors (Lipinski definition) is 2. The van der Waals surface area contributed by atoms with Gasteiger partial charge < -0.3 is 15.1 Å². The van der Waals surface area contributed by atoms with Crippen molar-refractivity contribution in [2.45, 2.75) is 19.4 Å². The molecule has 1 aromatic carbocycles. The second kappa shape index (κ2) is 11.7. The Hall–Kier alpha value is -3.76. The molecule has 38 heavy (non-hydrogen) atoms. The van der Waals surface area contributed by atoms with E-state index in [0.717, 1.165) is 67.7 Å². The zero-order valence-electron chi connectivity index (χ0n) is 21.6. The number of anilines is 2. The first-order valence-corrected chi connectivity index (χ1v) is 13.5. The molecule has 2 fully saturated rings. The van der Waals surface area contributed by atoms with Crippen LogP contribution >= 0.6 is 11.8 Å². The number of nitrogens with one attached hydrogen (secondary N) is 2. The standard InChI is InChI=1S/C28H31N7O2S/c1-34(2)23-7-3-5-20(15-23)25-21(6-4-11-30-25)18-29-17-19-9-13-35(14-10-19)27-31-12-8-22(32-27)16-24-26(36)33-28(37)38-24/h3-8,11-12,15-16,19,29H,9-10,13-14,17-18H2,1-2H3,(H,33,36,37)/b24-16+. The van der Waals surface area contributed by atoms with Crippen molar-refractivity contribution in [3.05, 3.63) is 71.0 Å². The van der Waals surface area contributed by atoms with Crippen LogP contribution in [0.5, 0.6) is 0 Å². The Labute approximate surface area is 226 Å². The molecule has 2 N–H and O–H groups in total. The van der Waals surface area contributed by atoms with Gasteiger partial charge in [0, 0.05) is 57.4 Å². The summed E-state index contributed by atoms with van der Waals surface area (Å²) in [7, 11) is 4.09. The van der Waals surface area contributed by atoms with Gasteiger partial charge in [-0.15, -0.1) is 0 Å². The fourth-order valence-corrected chi connectivity index (χ4v) is 5.34. The molecule has 0 unspecified atom stereocenters. The monoisotopic (exact) mass is 529 g/mol. The molecule has 2 saturated heterocycles. The molecule has 5 rings (SSSR count). The number of amides is 2. The van der Waals surface area contributed by atoms with Gasteiger partial charge in [-0.05, 0) is 73.0 Å². The van der Waals surface area contributed by atoms with Gasteiger partial charge in [0.25, 0.3) is 11.1 Å². The second-order valence-electron chi connectivity index (χ2n) is 9.65. The summed E-state index contributed by atoms with van der Waals surface area (Å²) in [6, 6.07) is 14.3. The van der Waals surface area contributed by atoms with E-state index in [2.05, 4.69) is 65.7 Å². The lowest BCUT2D eigenvalue weighted by Gasteiger charge is -2.32. The third kappa shape index (κ3) is 6.20. The number of carbonyl (C=O) groups excluding carboxylic acids is 2. The molecule has 0 bridgehead atoms. The van der Waals surface area contributed by atoms with Crippen molar-refractivity contribution in [1.29, 1.82) is 0 Å². The number of aromatic nitrogens is 3. The number of rotatable bonds is 8. The zero-order valence-corrected chi connectivity index (χ0v) is 22.4. The smallest absolute Gasteiger partial charge is 0.290 e. The lowest BCUT2D eigenvalue weighted by molar-refractivity contribution is -0.115. The van der Waals surface area contributed by atoms with Crippen LogP contribution in [0.25, 0.3) is 17.3 Å². The van der Waals surface area contributed by atoms with E-state index in [4.69, 9.17) is 0 Å². The van der Waals surface area contributed by atoms with Crippen molar-refractivity contribution in [2.75, 3.05) is 43.5 Å². The maximum Gasteiger partial charge on any atom is 0.290 e. The summed E-state index contributed by atoms with van der Waals surface area (Å²) < 4.78 is 0. The molecule has 0 radical (unpaired) electrons. The van der Waals surface area contributed by atoms with Crippen LogP contribution in [0, 0.1) is 5.92 Å². The number of carbonyl (C=O) groups is 2. The molecular formula is C28H31N7O2S. The molecule has 0 aliphatic carbocycles. The quantitative estimate of drug-likeness (QED) is 0.420. The number of nitrogens with zero attached hydrogens (tertiary/aromatic N) is 5. The second-order valence-corrected chi connectivity index (χ2v) is 10.7. The molecule has 0 spiro atoms. The Morgan fingerprint density at radius 3 is 2.71 bits per heavy atom. The molecule has 2 aromatic heterocycles. The summed E-state index contributed by atoms with van der Waals surface area (Å²) in [6.45, 7) is 3.45. The summed E-state index contributed by atoms with van der Waals surface area (Å²) in [5.41, 5.74) is 5.11. The molecule has 4 heterocycles. The van der Waals surface area contributed by atoms with Crippen LogP contribution in [-0.4, -0.2) is 59.8 Å². The van der Waals surface area contributed by atoms with Gasteiger partial charge in [0.1, 0.15) is 0 Å². The fourth-order valence-electron chi connectivity index (χ4n) is 4.67. The van der Waals surface area contributed by atoms with Crippen molar-refractivity contribution >= 4 is 40.6 Å². The summed E-state index contributed by atoms with van der Waals surface area (Å²) in [6.07, 6.45) is 7.27. The predicted molar refractivity (Wildman–Crippen MR) is 152 cm³/mol. The van der Waals surface area contributed by atoms with Crippen LogP contribution in [-0.2, 0) is 11.3 Å². The Morgan fingerprint density at radius 2 is 1.95 bits per heavy atom. The van der Waals surface area contributed by atoms with Crippen LogP contribution in [0.4, 0.5) is 16.4 Å². The molecular weight excluding hydrogens is 498 g/mol. The Morgan fingerprint density at radius 1 is 1.11 bits per heavy atom. The predicted octanol–water partition coefficient (Wildman–Crippen LogP) is 3.93. The summed E-state index contributed by atoms with van der Waals surface area (Å²) in [4.78, 5) is 41.6. The average molecular weight is 530 g/mol. The van der Waals surface area contributed by atoms with E-state index in [9.17, 15) is 9.59 Å². The lowest BCUT2D eigenvalue weighted by Crippen LogP contribution is -2.38. The Kier molecular flexibility index (Phi) is 8.00. The van der Waals surface area contributed by atoms with E-state index in [0.29, 0.717) is 22.5 Å². The summed E-state index contributed by atoms with van der Waals surface area (Å²) in [5, 5.41) is 5.56. The molecule has 9 nitrogen and oxygen atoms in total. The number of hydrogen-bond acceptors (Lipinski definition) is 9. The highest BCUT2D eigenvalue weighted by Crippen LogP contribution is 2.27. The normalized spacial score (nSPS) is 17.2. The first-order chi connectivity index (χ1) is 18.5. The molecule has 2 amide bonds. The molecule has 2 aliphatic heterocycles. The van der Waals surface area contributed by atoms with Crippen molar-refractivity contribution < 1.29 is 9.59 Å². The van der Waals surface area contributed by atoms with Gasteiger partial charge in [-0.3, -0.25) is 19.9 Å². The van der Waals surface area contributed by atoms with E-state index in [1.807, 2.05) is 26.4 Å². The van der Waals surface area contributed by atoms with E-state index in [-0.39, 0.29) is 11.1 Å². The minimum atomic E-state index is -0.381. The Bertz CT molecular complexity index is 1350. The van der Waals surface area contributed by atoms with Gasteiger partial charge in [-0.2, -0.15) is 0 Å². The summed E-state index contributed by atoms with van der Waals surface area (Å²) >= 11 is 0.892. The largest absolute Gasteiger partial charge is 0.378 e. The van der Waals surface area contributed by atoms with Gasteiger partial charge in [0.15, 0.2) is 0 Å². The van der Waals surface area contributed by atoms with E-state index in [1.54, 1.807) is 18.3 Å². The highest BCUT2D eigenvalue weighted by molar-refractivity contribution is 8.18. The van der Waals surface area contributed by atoms with Crippen LogP contribution < -0.4 is 20.4 Å². The molecule has 2 aliphatic rings. The van der Waals surface area contributed by atoms with Crippen LogP contribution in [0.3, 0.4) is 0 Å². The lowest BCUT2D eigenvalue weighted by atomic mass is 9.96. The first kappa shape index (κ1) is 25.9. The van der Waals surface area contributed by atoms with Gasteiger partial charge in [-0.1, -0.05) is 18.2 Å². The maximum atomic E-state index is 11.8. The van der Waals surface area contributed by atoms with Crippen molar-refractivity contribution in [3.63, 3.8) is 0 Å². The van der Waals surface area contributed by atoms with E-state index in [1.165, 1.54) is 5.56 Å². The molecule has 0 saturated carbocycles. The van der Waals surface area contributed by atoms with Gasteiger partial charge in [0.2, 0.25) is 5.95 Å². The zero-order chi connectivity index (χ0) is 26.5. The van der Waals surface area contributed by atoms with Crippen LogP contribution in [0.15, 0.2) is 59.8 Å².